The second kappa shape index (κ2) is 6.12. The fourth-order valence-corrected chi connectivity index (χ4v) is 3.62. The Labute approximate surface area is 139 Å². The zero-order valence-corrected chi connectivity index (χ0v) is 13.9. The predicted molar refractivity (Wildman–Crippen MR) is 93.9 cm³/mol. The van der Waals surface area contributed by atoms with Crippen LogP contribution in [0.3, 0.4) is 0 Å². The molecule has 1 aliphatic rings. The smallest absolute Gasteiger partial charge is 0.259 e. The molecule has 1 aliphatic heterocycles. The minimum Gasteiger partial charge on any atom is -0.469 e. The van der Waals surface area contributed by atoms with Crippen LogP contribution < -0.4 is 11.1 Å². The molecule has 0 saturated carbocycles. The zero-order chi connectivity index (χ0) is 16.4. The van der Waals surface area contributed by atoms with Crippen molar-refractivity contribution in [2.75, 3.05) is 11.1 Å². The van der Waals surface area contributed by atoms with Crippen LogP contribution in [-0.2, 0) is 5.54 Å². The molecular formula is C17H19N3O2S. The van der Waals surface area contributed by atoms with Gasteiger partial charge in [0.15, 0.2) is 5.17 Å². The Hall–Kier alpha value is -2.21. The summed E-state index contributed by atoms with van der Waals surface area (Å²) in [6.07, 6.45) is 2.43. The zero-order valence-electron chi connectivity index (χ0n) is 13.1. The Morgan fingerprint density at radius 2 is 2.26 bits per heavy atom. The quantitative estimate of drug-likeness (QED) is 0.903. The van der Waals surface area contributed by atoms with Crippen molar-refractivity contribution in [3.63, 3.8) is 0 Å². The van der Waals surface area contributed by atoms with E-state index in [0.717, 1.165) is 23.4 Å². The molecule has 1 aromatic carbocycles. The topological polar surface area (TPSA) is 80.6 Å². The van der Waals surface area contributed by atoms with Gasteiger partial charge in [-0.3, -0.25) is 9.79 Å². The molecule has 2 heterocycles. The van der Waals surface area contributed by atoms with Crippen LogP contribution >= 0.6 is 11.8 Å². The van der Waals surface area contributed by atoms with Crippen molar-refractivity contribution in [2.45, 2.75) is 25.8 Å². The number of benzene rings is 1. The summed E-state index contributed by atoms with van der Waals surface area (Å²) in [5.41, 5.74) is 7.86. The molecule has 0 fully saturated rings. The van der Waals surface area contributed by atoms with Crippen molar-refractivity contribution in [3.05, 3.63) is 53.5 Å². The van der Waals surface area contributed by atoms with Crippen LogP contribution in [0.4, 0.5) is 5.69 Å². The maximum atomic E-state index is 12.3. The van der Waals surface area contributed by atoms with E-state index in [1.807, 2.05) is 24.3 Å². The maximum absolute atomic E-state index is 12.3. The summed E-state index contributed by atoms with van der Waals surface area (Å²) in [5, 5.41) is 3.52. The molecule has 0 spiro atoms. The Kier molecular flexibility index (Phi) is 4.17. The highest BCUT2D eigenvalue weighted by Gasteiger charge is 2.29. The number of amides is 1. The summed E-state index contributed by atoms with van der Waals surface area (Å²) in [5.74, 6) is 1.37. The van der Waals surface area contributed by atoms with Crippen LogP contribution in [0, 0.1) is 6.92 Å². The monoisotopic (exact) mass is 329 g/mol. The highest BCUT2D eigenvalue weighted by Crippen LogP contribution is 2.35. The lowest BCUT2D eigenvalue weighted by Gasteiger charge is -2.30. The number of thioether (sulfide) groups is 1. The molecule has 0 aliphatic carbocycles. The number of rotatable bonds is 3. The van der Waals surface area contributed by atoms with Crippen LogP contribution in [0.2, 0.25) is 0 Å². The Balaban J connectivity index is 1.85. The molecule has 0 bridgehead atoms. The standard InChI is InChI=1S/C17H19N3O2S/c1-11-14(6-8-22-11)15(21)19-13-5-3-4-12(10-13)17(2)7-9-23-16(18)20-17/h3-6,8,10H,7,9H2,1-2H3,(H2,18,20)(H,19,21). The number of carbonyl (C=O) groups is 1. The second-order valence-electron chi connectivity index (χ2n) is 5.75. The van der Waals surface area contributed by atoms with E-state index in [2.05, 4.69) is 17.2 Å². The molecule has 23 heavy (non-hydrogen) atoms. The van der Waals surface area contributed by atoms with Crippen molar-refractivity contribution in [1.82, 2.24) is 0 Å². The molecule has 2 aromatic rings. The van der Waals surface area contributed by atoms with E-state index in [0.29, 0.717) is 16.5 Å². The number of aryl methyl sites for hydroxylation is 1. The van der Waals surface area contributed by atoms with Crippen molar-refractivity contribution < 1.29 is 9.21 Å². The Bertz CT molecular complexity index is 769. The van der Waals surface area contributed by atoms with Gasteiger partial charge in [-0.1, -0.05) is 23.9 Å². The van der Waals surface area contributed by atoms with Gasteiger partial charge in [0.1, 0.15) is 5.76 Å². The number of anilines is 1. The van der Waals surface area contributed by atoms with E-state index < -0.39 is 0 Å². The van der Waals surface area contributed by atoms with Crippen LogP contribution in [0.1, 0.15) is 35.0 Å². The minimum atomic E-state index is -0.346. The first-order valence-electron chi connectivity index (χ1n) is 7.42. The van der Waals surface area contributed by atoms with E-state index in [-0.39, 0.29) is 11.4 Å². The molecule has 6 heteroatoms. The number of carbonyl (C=O) groups excluding carboxylic acids is 1. The van der Waals surface area contributed by atoms with E-state index in [1.165, 1.54) is 6.26 Å². The first kappa shape index (κ1) is 15.7. The van der Waals surface area contributed by atoms with Crippen LogP contribution in [0.5, 0.6) is 0 Å². The Morgan fingerprint density at radius 3 is 2.96 bits per heavy atom. The van der Waals surface area contributed by atoms with Gasteiger partial charge in [-0.05, 0) is 44.0 Å². The second-order valence-corrected chi connectivity index (χ2v) is 6.86. The Morgan fingerprint density at radius 1 is 1.43 bits per heavy atom. The maximum Gasteiger partial charge on any atom is 0.259 e. The van der Waals surface area contributed by atoms with Gasteiger partial charge in [0.05, 0.1) is 17.4 Å². The number of furan rings is 1. The number of amidine groups is 1. The van der Waals surface area contributed by atoms with Gasteiger partial charge in [-0.25, -0.2) is 0 Å². The molecule has 3 rings (SSSR count). The molecule has 0 saturated heterocycles. The number of hydrogen-bond donors (Lipinski definition) is 2. The van der Waals surface area contributed by atoms with Crippen LogP contribution in [-0.4, -0.2) is 16.8 Å². The minimum absolute atomic E-state index is 0.180. The molecule has 0 radical (unpaired) electrons. The molecular weight excluding hydrogens is 310 g/mol. The van der Waals surface area contributed by atoms with Crippen LogP contribution in [0.15, 0.2) is 46.0 Å². The molecule has 3 N–H and O–H groups in total. The number of nitrogens with one attached hydrogen (secondary N) is 1. The SMILES string of the molecule is Cc1occc1C(=O)Nc1cccc(C2(C)CCSC(N)=N2)c1. The fourth-order valence-electron chi connectivity index (χ4n) is 2.65. The highest BCUT2D eigenvalue weighted by atomic mass is 32.2. The third-order valence-corrected chi connectivity index (χ3v) is 4.84. The summed E-state index contributed by atoms with van der Waals surface area (Å²) < 4.78 is 5.18. The van der Waals surface area contributed by atoms with Crippen LogP contribution in [0.25, 0.3) is 0 Å². The lowest BCUT2D eigenvalue weighted by Crippen LogP contribution is -2.28. The first-order valence-corrected chi connectivity index (χ1v) is 8.41. The van der Waals surface area contributed by atoms with Crippen molar-refractivity contribution in [3.8, 4) is 0 Å². The predicted octanol–water partition coefficient (Wildman–Crippen LogP) is 3.51. The summed E-state index contributed by atoms with van der Waals surface area (Å²) in [4.78, 5) is 16.9. The third kappa shape index (κ3) is 3.27. The number of hydrogen-bond acceptors (Lipinski definition) is 5. The highest BCUT2D eigenvalue weighted by molar-refractivity contribution is 8.13. The van der Waals surface area contributed by atoms with Gasteiger partial charge >= 0.3 is 0 Å². The number of nitrogens with zero attached hydrogens (tertiary/aromatic N) is 1. The van der Waals surface area contributed by atoms with E-state index in [4.69, 9.17) is 10.2 Å². The summed E-state index contributed by atoms with van der Waals surface area (Å²) in [7, 11) is 0. The summed E-state index contributed by atoms with van der Waals surface area (Å²) >= 11 is 1.58. The van der Waals surface area contributed by atoms with Gasteiger partial charge in [-0.2, -0.15) is 0 Å². The molecule has 1 aromatic heterocycles. The lowest BCUT2D eigenvalue weighted by molar-refractivity contribution is 0.102. The average molecular weight is 329 g/mol. The van der Waals surface area contributed by atoms with Gasteiger partial charge in [0.2, 0.25) is 0 Å². The van der Waals surface area contributed by atoms with E-state index in [1.54, 1.807) is 24.8 Å². The molecule has 1 atom stereocenters. The lowest BCUT2D eigenvalue weighted by atomic mass is 9.89. The first-order chi connectivity index (χ1) is 11.0. The molecule has 1 amide bonds. The van der Waals surface area contributed by atoms with Gasteiger partial charge in [0.25, 0.3) is 5.91 Å². The molecule has 1 unspecified atom stereocenters. The van der Waals surface area contributed by atoms with E-state index >= 15 is 0 Å². The number of aliphatic imine (C=N–C) groups is 1. The summed E-state index contributed by atoms with van der Waals surface area (Å²) in [6.45, 7) is 3.84. The fraction of sp³-hybridized carbons (Fsp3) is 0.294. The largest absolute Gasteiger partial charge is 0.469 e. The van der Waals surface area contributed by atoms with Crippen molar-refractivity contribution in [1.29, 1.82) is 0 Å². The third-order valence-electron chi connectivity index (χ3n) is 4.04. The van der Waals surface area contributed by atoms with Gasteiger partial charge in [-0.15, -0.1) is 0 Å². The van der Waals surface area contributed by atoms with Crippen molar-refractivity contribution >= 4 is 28.5 Å². The number of nitrogens with two attached hydrogens (primary N) is 1. The van der Waals surface area contributed by atoms with Crippen molar-refractivity contribution in [2.24, 2.45) is 10.7 Å². The molecule has 5 nitrogen and oxygen atoms in total. The summed E-state index contributed by atoms with van der Waals surface area (Å²) in [6, 6.07) is 9.43. The van der Waals surface area contributed by atoms with Gasteiger partial charge < -0.3 is 15.5 Å². The van der Waals surface area contributed by atoms with Gasteiger partial charge in [0, 0.05) is 11.4 Å². The average Bonchev–Trinajstić information content (AvgIpc) is 2.93. The van der Waals surface area contributed by atoms with E-state index in [9.17, 15) is 4.79 Å². The normalized spacial score (nSPS) is 20.9. The molecule has 120 valence electrons.